The van der Waals surface area contributed by atoms with Gasteiger partial charge in [0.05, 0.1) is 10.6 Å². The zero-order chi connectivity index (χ0) is 22.5. The number of halogens is 2. The summed E-state index contributed by atoms with van der Waals surface area (Å²) in [6.45, 7) is 5.26. The van der Waals surface area contributed by atoms with Crippen molar-refractivity contribution in [3.63, 3.8) is 0 Å². The number of aliphatic carboxylic acids is 1. The van der Waals surface area contributed by atoms with Crippen molar-refractivity contribution in [1.82, 2.24) is 0 Å². The molecule has 1 aromatic heterocycles. The smallest absolute Gasteiger partial charge is 0.303 e. The van der Waals surface area contributed by atoms with Gasteiger partial charge in [0, 0.05) is 18.2 Å². The van der Waals surface area contributed by atoms with E-state index in [1.54, 1.807) is 6.07 Å². The van der Waals surface area contributed by atoms with Crippen molar-refractivity contribution in [2.45, 2.75) is 46.6 Å². The molecular formula is C24H26ClFO5. The van der Waals surface area contributed by atoms with Crippen LogP contribution in [0.25, 0.3) is 11.0 Å². The predicted molar refractivity (Wildman–Crippen MR) is 118 cm³/mol. The van der Waals surface area contributed by atoms with Crippen LogP contribution >= 0.6 is 11.6 Å². The highest BCUT2D eigenvalue weighted by molar-refractivity contribution is 6.33. The van der Waals surface area contributed by atoms with Crippen molar-refractivity contribution in [2.75, 3.05) is 13.3 Å². The number of alkyl halides is 1. The van der Waals surface area contributed by atoms with Gasteiger partial charge in [0.25, 0.3) is 0 Å². The molecule has 166 valence electrons. The van der Waals surface area contributed by atoms with Crippen LogP contribution in [0.1, 0.15) is 41.4 Å². The fraction of sp³-hybridized carbons (Fsp3) is 0.375. The summed E-state index contributed by atoms with van der Waals surface area (Å²) in [5.41, 5.74) is 4.14. The molecule has 7 heteroatoms. The summed E-state index contributed by atoms with van der Waals surface area (Å²) in [5, 5.41) is 10.1. The second kappa shape index (κ2) is 10.1. The first-order chi connectivity index (χ1) is 14.8. The number of aryl methyl sites for hydroxylation is 2. The highest BCUT2D eigenvalue weighted by atomic mass is 35.5. The zero-order valence-electron chi connectivity index (χ0n) is 17.9. The second-order valence-electron chi connectivity index (χ2n) is 7.34. The summed E-state index contributed by atoms with van der Waals surface area (Å²) in [7, 11) is 0. The van der Waals surface area contributed by atoms with E-state index >= 15 is 0 Å². The van der Waals surface area contributed by atoms with E-state index in [1.807, 2.05) is 39.0 Å². The highest BCUT2D eigenvalue weighted by Gasteiger charge is 2.19. The lowest BCUT2D eigenvalue weighted by Crippen LogP contribution is -2.06. The van der Waals surface area contributed by atoms with Crippen LogP contribution in [0.5, 0.6) is 11.5 Å². The number of carbonyl (C=O) groups is 1. The number of fused-ring (bicyclic) bond motifs is 1. The Kier molecular flexibility index (Phi) is 7.44. The van der Waals surface area contributed by atoms with Gasteiger partial charge >= 0.3 is 5.97 Å². The molecule has 3 aromatic rings. The highest BCUT2D eigenvalue weighted by Crippen LogP contribution is 2.38. The normalized spacial score (nSPS) is 11.1. The summed E-state index contributed by atoms with van der Waals surface area (Å²) in [5.74, 6) is 1.01. The Balaban J connectivity index is 1.93. The number of ether oxygens (including phenoxy) is 2. The van der Waals surface area contributed by atoms with Crippen LogP contribution < -0.4 is 9.47 Å². The number of hydrogen-bond donors (Lipinski definition) is 1. The molecule has 0 aliphatic carbocycles. The fourth-order valence-electron chi connectivity index (χ4n) is 3.52. The monoisotopic (exact) mass is 448 g/mol. The Morgan fingerprint density at radius 2 is 1.97 bits per heavy atom. The van der Waals surface area contributed by atoms with E-state index in [0.29, 0.717) is 34.1 Å². The van der Waals surface area contributed by atoms with Gasteiger partial charge in [-0.15, -0.1) is 0 Å². The van der Waals surface area contributed by atoms with E-state index in [1.165, 1.54) is 0 Å². The minimum Gasteiger partial charge on any atom is -0.489 e. The Hall–Kier alpha value is -2.73. The van der Waals surface area contributed by atoms with Gasteiger partial charge in [-0.25, -0.2) is 4.39 Å². The van der Waals surface area contributed by atoms with Crippen LogP contribution in [0, 0.1) is 13.8 Å². The molecule has 0 fully saturated rings. The number of carboxylic acids is 1. The number of rotatable bonds is 10. The molecule has 0 aliphatic rings. The van der Waals surface area contributed by atoms with Crippen LogP contribution in [0.15, 0.2) is 28.7 Å². The van der Waals surface area contributed by atoms with E-state index in [-0.39, 0.29) is 19.6 Å². The molecule has 2 aromatic carbocycles. The molecule has 0 bridgehead atoms. The molecular weight excluding hydrogens is 423 g/mol. The third kappa shape index (κ3) is 5.13. The van der Waals surface area contributed by atoms with Crippen LogP contribution in [0.4, 0.5) is 4.39 Å². The molecule has 1 N–H and O–H groups in total. The van der Waals surface area contributed by atoms with E-state index in [9.17, 15) is 9.18 Å². The van der Waals surface area contributed by atoms with Gasteiger partial charge in [-0.05, 0) is 55.2 Å². The maximum atomic E-state index is 12.8. The third-order valence-electron chi connectivity index (χ3n) is 5.36. The maximum Gasteiger partial charge on any atom is 0.303 e. The number of hydrogen-bond acceptors (Lipinski definition) is 4. The van der Waals surface area contributed by atoms with E-state index in [0.717, 1.165) is 34.3 Å². The Labute approximate surface area is 185 Å². The average Bonchev–Trinajstić information content (AvgIpc) is 3.15. The Morgan fingerprint density at radius 1 is 1.19 bits per heavy atom. The Bertz CT molecular complexity index is 1090. The first-order valence-electron chi connectivity index (χ1n) is 10.2. The van der Waals surface area contributed by atoms with Gasteiger partial charge in [-0.1, -0.05) is 24.6 Å². The first-order valence-corrected chi connectivity index (χ1v) is 10.6. The number of furan rings is 1. The number of carboxylic acid groups (broad SMARTS) is 1. The van der Waals surface area contributed by atoms with E-state index in [4.69, 9.17) is 30.6 Å². The van der Waals surface area contributed by atoms with Crippen LogP contribution in [0.3, 0.4) is 0 Å². The molecule has 0 unspecified atom stereocenters. The Morgan fingerprint density at radius 3 is 2.65 bits per heavy atom. The molecule has 0 spiro atoms. The lowest BCUT2D eigenvalue weighted by molar-refractivity contribution is -0.136. The lowest BCUT2D eigenvalue weighted by Gasteiger charge is -2.17. The minimum atomic E-state index is -0.826. The number of benzene rings is 2. The quantitative estimate of drug-likeness (QED) is 0.399. The SMILES string of the molecule is CCc1cc2cc(Cl)c(OCCF)c(COc3ccc(CCC(=O)O)c(C)c3C)c2o1. The molecule has 1 heterocycles. The minimum absolute atomic E-state index is 0.0779. The largest absolute Gasteiger partial charge is 0.489 e. The van der Waals surface area contributed by atoms with Gasteiger partial charge < -0.3 is 19.0 Å². The van der Waals surface area contributed by atoms with Crippen molar-refractivity contribution in [2.24, 2.45) is 0 Å². The van der Waals surface area contributed by atoms with Crippen molar-refractivity contribution >= 4 is 28.5 Å². The van der Waals surface area contributed by atoms with Crippen LogP contribution in [-0.2, 0) is 24.2 Å². The molecule has 0 saturated carbocycles. The summed E-state index contributed by atoms with van der Waals surface area (Å²) in [6.07, 6.45) is 1.27. The van der Waals surface area contributed by atoms with Crippen LogP contribution in [-0.4, -0.2) is 24.4 Å². The predicted octanol–water partition coefficient (Wildman–Crippen LogP) is 6.21. The zero-order valence-corrected chi connectivity index (χ0v) is 18.6. The molecule has 0 aliphatic heterocycles. The average molecular weight is 449 g/mol. The molecule has 0 amide bonds. The molecule has 5 nitrogen and oxygen atoms in total. The van der Waals surface area contributed by atoms with Crippen molar-refractivity contribution in [1.29, 1.82) is 0 Å². The molecule has 31 heavy (non-hydrogen) atoms. The summed E-state index contributed by atoms with van der Waals surface area (Å²) in [4.78, 5) is 10.9. The maximum absolute atomic E-state index is 12.8. The summed E-state index contributed by atoms with van der Waals surface area (Å²) < 4.78 is 30.4. The topological polar surface area (TPSA) is 68.9 Å². The van der Waals surface area contributed by atoms with E-state index < -0.39 is 12.6 Å². The van der Waals surface area contributed by atoms with Gasteiger partial charge in [-0.2, -0.15) is 0 Å². The van der Waals surface area contributed by atoms with Crippen molar-refractivity contribution < 1.29 is 28.2 Å². The third-order valence-corrected chi connectivity index (χ3v) is 5.64. The molecule has 0 saturated heterocycles. The van der Waals surface area contributed by atoms with Gasteiger partial charge in [0.2, 0.25) is 0 Å². The molecule has 0 atom stereocenters. The summed E-state index contributed by atoms with van der Waals surface area (Å²) in [6, 6.07) is 7.40. The molecule has 0 radical (unpaired) electrons. The summed E-state index contributed by atoms with van der Waals surface area (Å²) >= 11 is 6.42. The van der Waals surface area contributed by atoms with Crippen molar-refractivity contribution in [3.05, 3.63) is 57.3 Å². The van der Waals surface area contributed by atoms with Gasteiger partial charge in [0.1, 0.15) is 42.7 Å². The van der Waals surface area contributed by atoms with Gasteiger partial charge in [-0.3, -0.25) is 4.79 Å². The van der Waals surface area contributed by atoms with Crippen LogP contribution in [0.2, 0.25) is 5.02 Å². The first kappa shape index (κ1) is 22.9. The second-order valence-corrected chi connectivity index (χ2v) is 7.75. The standard InChI is InChI=1S/C24H26ClFO5/c1-4-18-11-17-12-20(25)24(29-10-9-26)19(23(17)31-18)13-30-21-7-5-16(6-8-22(27)28)14(2)15(21)3/h5,7,11-12H,4,6,8-10,13H2,1-3H3,(H,27,28). The molecule has 3 rings (SSSR count). The lowest BCUT2D eigenvalue weighted by atomic mass is 9.99. The van der Waals surface area contributed by atoms with Crippen molar-refractivity contribution in [3.8, 4) is 11.5 Å². The van der Waals surface area contributed by atoms with E-state index in [2.05, 4.69) is 0 Å². The fourth-order valence-corrected chi connectivity index (χ4v) is 3.81. The van der Waals surface area contributed by atoms with Gasteiger partial charge in [0.15, 0.2) is 0 Å².